The van der Waals surface area contributed by atoms with Gasteiger partial charge in [-0.2, -0.15) is 0 Å². The fraction of sp³-hybridized carbons (Fsp3) is 0.273. The van der Waals surface area contributed by atoms with E-state index in [2.05, 4.69) is 27.9 Å². The number of nitrogens with one attached hydrogen (secondary N) is 1. The van der Waals surface area contributed by atoms with Gasteiger partial charge >= 0.3 is 0 Å². The normalized spacial score (nSPS) is 9.94. The largest absolute Gasteiger partial charge is 0.370 e. The van der Waals surface area contributed by atoms with Crippen molar-refractivity contribution in [3.63, 3.8) is 0 Å². The second-order valence-corrected chi connectivity index (χ2v) is 4.42. The highest BCUT2D eigenvalue weighted by molar-refractivity contribution is 14.1. The average Bonchev–Trinajstić information content (AvgIpc) is 2.28. The number of ether oxygens (including phenoxy) is 1. The summed E-state index contributed by atoms with van der Waals surface area (Å²) in [6.07, 6.45) is 0. The molecule has 0 radical (unpaired) electrons. The minimum absolute atomic E-state index is 0.126. The van der Waals surface area contributed by atoms with E-state index >= 15 is 0 Å². The van der Waals surface area contributed by atoms with Crippen LogP contribution in [0, 0.1) is 3.57 Å². The summed E-state index contributed by atoms with van der Waals surface area (Å²) in [7, 11) is 0. The van der Waals surface area contributed by atoms with Gasteiger partial charge in [0, 0.05) is 10.1 Å². The van der Waals surface area contributed by atoms with Crippen molar-refractivity contribution < 1.29 is 14.3 Å². The smallest absolute Gasteiger partial charge is 0.252 e. The van der Waals surface area contributed by atoms with Crippen LogP contribution in [0.25, 0.3) is 0 Å². The number of amides is 2. The van der Waals surface area contributed by atoms with E-state index in [4.69, 9.17) is 10.5 Å². The first-order valence-corrected chi connectivity index (χ1v) is 6.08. The van der Waals surface area contributed by atoms with Gasteiger partial charge in [0.15, 0.2) is 0 Å². The number of nitrogens with two attached hydrogens (primary N) is 1. The van der Waals surface area contributed by atoms with Crippen molar-refractivity contribution in [3.8, 4) is 0 Å². The Hall–Kier alpha value is -1.15. The molecule has 0 aliphatic heterocycles. The number of halogens is 1. The van der Waals surface area contributed by atoms with E-state index in [1.165, 1.54) is 0 Å². The fourth-order valence-electron chi connectivity index (χ4n) is 1.15. The molecule has 17 heavy (non-hydrogen) atoms. The first kappa shape index (κ1) is 13.9. The molecule has 1 aromatic carbocycles. The third-order valence-corrected chi connectivity index (χ3v) is 2.84. The first-order valence-electron chi connectivity index (χ1n) is 5.00. The zero-order chi connectivity index (χ0) is 12.7. The Morgan fingerprint density at radius 3 is 2.71 bits per heavy atom. The van der Waals surface area contributed by atoms with E-state index in [9.17, 15) is 9.59 Å². The maximum atomic E-state index is 11.7. The van der Waals surface area contributed by atoms with Crippen molar-refractivity contribution in [3.05, 3.63) is 33.4 Å². The lowest BCUT2D eigenvalue weighted by Crippen LogP contribution is -2.29. The zero-order valence-corrected chi connectivity index (χ0v) is 11.3. The number of benzene rings is 1. The molecule has 92 valence electrons. The van der Waals surface area contributed by atoms with Crippen LogP contribution in [0.3, 0.4) is 0 Å². The quantitative estimate of drug-likeness (QED) is 0.581. The van der Waals surface area contributed by atoms with Crippen LogP contribution in [0.4, 0.5) is 0 Å². The van der Waals surface area contributed by atoms with Gasteiger partial charge in [-0.1, -0.05) is 12.1 Å². The molecule has 0 bridgehead atoms. The summed E-state index contributed by atoms with van der Waals surface area (Å²) >= 11 is 2.10. The number of rotatable bonds is 6. The Labute approximate surface area is 113 Å². The van der Waals surface area contributed by atoms with E-state index in [0.29, 0.717) is 12.1 Å². The van der Waals surface area contributed by atoms with Gasteiger partial charge < -0.3 is 15.8 Å². The second kappa shape index (κ2) is 7.23. The van der Waals surface area contributed by atoms with Gasteiger partial charge in [0.1, 0.15) is 6.61 Å². The van der Waals surface area contributed by atoms with Gasteiger partial charge in [-0.05, 0) is 34.7 Å². The number of carbonyl (C=O) groups is 2. The summed E-state index contributed by atoms with van der Waals surface area (Å²) < 4.78 is 5.81. The monoisotopic (exact) mass is 348 g/mol. The molecule has 0 saturated heterocycles. The number of hydrogen-bond acceptors (Lipinski definition) is 3. The van der Waals surface area contributed by atoms with Gasteiger partial charge in [-0.25, -0.2) is 0 Å². The van der Waals surface area contributed by atoms with Crippen LogP contribution >= 0.6 is 22.6 Å². The third kappa shape index (κ3) is 5.14. The molecule has 0 aromatic heterocycles. The van der Waals surface area contributed by atoms with E-state index in [-0.39, 0.29) is 19.1 Å². The van der Waals surface area contributed by atoms with Crippen LogP contribution in [-0.2, 0) is 9.53 Å². The lowest BCUT2D eigenvalue weighted by Gasteiger charge is -2.06. The van der Waals surface area contributed by atoms with Crippen molar-refractivity contribution in [1.82, 2.24) is 5.32 Å². The van der Waals surface area contributed by atoms with E-state index in [0.717, 1.165) is 3.57 Å². The summed E-state index contributed by atoms with van der Waals surface area (Å²) in [6, 6.07) is 7.29. The Bertz CT molecular complexity index is 409. The highest BCUT2D eigenvalue weighted by Crippen LogP contribution is 2.10. The number of primary amides is 1. The molecule has 0 aliphatic rings. The predicted octanol–water partition coefficient (Wildman–Crippen LogP) is 0.523. The summed E-state index contributed by atoms with van der Waals surface area (Å²) in [4.78, 5) is 22.1. The molecule has 3 N–H and O–H groups in total. The van der Waals surface area contributed by atoms with Crippen molar-refractivity contribution >= 4 is 34.4 Å². The van der Waals surface area contributed by atoms with Crippen LogP contribution in [0.15, 0.2) is 24.3 Å². The molecule has 0 heterocycles. The standard InChI is InChI=1S/C11H13IN2O3/c12-9-4-2-1-3-8(9)11(16)14-5-6-17-7-10(13)15/h1-4H,5-7H2,(H2,13,15)(H,14,16). The molecular weight excluding hydrogens is 335 g/mol. The van der Waals surface area contributed by atoms with Crippen molar-refractivity contribution in [2.24, 2.45) is 5.73 Å². The van der Waals surface area contributed by atoms with Crippen LogP contribution in [-0.4, -0.2) is 31.6 Å². The van der Waals surface area contributed by atoms with Crippen LogP contribution < -0.4 is 11.1 Å². The van der Waals surface area contributed by atoms with E-state index in [1.807, 2.05) is 12.1 Å². The van der Waals surface area contributed by atoms with E-state index in [1.54, 1.807) is 12.1 Å². The Kier molecular flexibility index (Phi) is 5.92. The van der Waals surface area contributed by atoms with Gasteiger partial charge in [0.05, 0.1) is 12.2 Å². The maximum absolute atomic E-state index is 11.7. The van der Waals surface area contributed by atoms with Crippen LogP contribution in [0.5, 0.6) is 0 Å². The molecule has 0 spiro atoms. The lowest BCUT2D eigenvalue weighted by atomic mass is 10.2. The van der Waals surface area contributed by atoms with Crippen molar-refractivity contribution in [2.75, 3.05) is 19.8 Å². The lowest BCUT2D eigenvalue weighted by molar-refractivity contribution is -0.122. The Balaban J connectivity index is 2.31. The highest BCUT2D eigenvalue weighted by atomic mass is 127. The van der Waals surface area contributed by atoms with Gasteiger partial charge in [-0.3, -0.25) is 9.59 Å². The van der Waals surface area contributed by atoms with Gasteiger partial charge in [0.25, 0.3) is 5.91 Å². The summed E-state index contributed by atoms with van der Waals surface area (Å²) in [5, 5.41) is 2.69. The molecular formula is C11H13IN2O3. The summed E-state index contributed by atoms with van der Waals surface area (Å²) in [5.41, 5.74) is 5.52. The predicted molar refractivity (Wildman–Crippen MR) is 71.5 cm³/mol. The molecule has 0 fully saturated rings. The van der Waals surface area contributed by atoms with Crippen LogP contribution in [0.1, 0.15) is 10.4 Å². The SMILES string of the molecule is NC(=O)COCCNC(=O)c1ccccc1I. The van der Waals surface area contributed by atoms with E-state index < -0.39 is 5.91 Å². The highest BCUT2D eigenvalue weighted by Gasteiger charge is 2.07. The number of hydrogen-bond donors (Lipinski definition) is 2. The van der Waals surface area contributed by atoms with Crippen LogP contribution in [0.2, 0.25) is 0 Å². The molecule has 0 saturated carbocycles. The zero-order valence-electron chi connectivity index (χ0n) is 9.11. The molecule has 1 rings (SSSR count). The Morgan fingerprint density at radius 1 is 1.35 bits per heavy atom. The molecule has 0 atom stereocenters. The molecule has 6 heteroatoms. The molecule has 0 aliphatic carbocycles. The topological polar surface area (TPSA) is 81.4 Å². The van der Waals surface area contributed by atoms with Gasteiger partial charge in [-0.15, -0.1) is 0 Å². The van der Waals surface area contributed by atoms with Gasteiger partial charge in [0.2, 0.25) is 5.91 Å². The second-order valence-electron chi connectivity index (χ2n) is 3.25. The fourth-order valence-corrected chi connectivity index (χ4v) is 1.78. The minimum Gasteiger partial charge on any atom is -0.370 e. The summed E-state index contributed by atoms with van der Waals surface area (Å²) in [5.74, 6) is -0.674. The van der Waals surface area contributed by atoms with Crippen molar-refractivity contribution in [1.29, 1.82) is 0 Å². The number of carbonyl (C=O) groups excluding carboxylic acids is 2. The van der Waals surface area contributed by atoms with Crippen molar-refractivity contribution in [2.45, 2.75) is 0 Å². The minimum atomic E-state index is -0.520. The summed E-state index contributed by atoms with van der Waals surface area (Å²) in [6.45, 7) is 0.480. The Morgan fingerprint density at radius 2 is 2.06 bits per heavy atom. The third-order valence-electron chi connectivity index (χ3n) is 1.89. The maximum Gasteiger partial charge on any atom is 0.252 e. The first-order chi connectivity index (χ1) is 8.11. The molecule has 0 unspecified atom stereocenters. The molecule has 5 nitrogen and oxygen atoms in total. The molecule has 2 amide bonds. The molecule has 1 aromatic rings. The average molecular weight is 348 g/mol.